The van der Waals surface area contributed by atoms with Gasteiger partial charge in [-0.15, -0.1) is 10.2 Å². The van der Waals surface area contributed by atoms with Gasteiger partial charge >= 0.3 is 5.97 Å². The van der Waals surface area contributed by atoms with Gasteiger partial charge in [0.15, 0.2) is 12.4 Å². The van der Waals surface area contributed by atoms with Crippen LogP contribution < -0.4 is 10.2 Å². The first-order valence-corrected chi connectivity index (χ1v) is 10.5. The molecule has 10 nitrogen and oxygen atoms in total. The van der Waals surface area contributed by atoms with Crippen LogP contribution in [-0.4, -0.2) is 46.3 Å². The minimum absolute atomic E-state index is 0.0107. The summed E-state index contributed by atoms with van der Waals surface area (Å²) in [6, 6.07) is 10.3. The minimum atomic E-state index is -0.837. The molecule has 0 bridgehead atoms. The predicted molar refractivity (Wildman–Crippen MR) is 118 cm³/mol. The summed E-state index contributed by atoms with van der Waals surface area (Å²) in [6.45, 7) is 2.53. The molecule has 4 rings (SSSR count). The fourth-order valence-corrected chi connectivity index (χ4v) is 3.83. The number of hydrogen-bond acceptors (Lipinski definition) is 9. The SMILES string of the molecule is CC(=O)c1cccc(NC(=O)COC(=O)c2ccc3c(c2)C(=O)N(c2nnc(C)s2)C3=O)c1. The quantitative estimate of drug-likeness (QED) is 0.334. The van der Waals surface area contributed by atoms with Crippen molar-refractivity contribution in [3.05, 3.63) is 69.7 Å². The van der Waals surface area contributed by atoms with Crippen molar-refractivity contribution >= 4 is 51.6 Å². The third-order valence-corrected chi connectivity index (χ3v) is 5.54. The summed E-state index contributed by atoms with van der Waals surface area (Å²) in [6.07, 6.45) is 0. The molecule has 2 heterocycles. The van der Waals surface area contributed by atoms with Gasteiger partial charge in [-0.25, -0.2) is 9.69 Å². The molecule has 33 heavy (non-hydrogen) atoms. The molecule has 0 saturated carbocycles. The number of Topliss-reactive ketones (excluding diaryl/α,β-unsaturated/α-hetero) is 1. The highest BCUT2D eigenvalue weighted by molar-refractivity contribution is 7.15. The number of benzene rings is 2. The molecule has 3 amide bonds. The van der Waals surface area contributed by atoms with Crippen molar-refractivity contribution in [1.29, 1.82) is 0 Å². The molecule has 1 aliphatic heterocycles. The van der Waals surface area contributed by atoms with E-state index in [0.717, 1.165) is 16.2 Å². The number of ether oxygens (including phenoxy) is 1. The van der Waals surface area contributed by atoms with E-state index >= 15 is 0 Å². The average Bonchev–Trinajstić information content (AvgIpc) is 3.32. The number of amides is 3. The van der Waals surface area contributed by atoms with Crippen molar-refractivity contribution in [3.8, 4) is 0 Å². The van der Waals surface area contributed by atoms with Crippen LogP contribution in [-0.2, 0) is 9.53 Å². The smallest absolute Gasteiger partial charge is 0.338 e. The molecule has 1 aliphatic rings. The number of carbonyl (C=O) groups is 5. The Morgan fingerprint density at radius 2 is 1.76 bits per heavy atom. The molecule has 0 atom stereocenters. The van der Waals surface area contributed by atoms with Crippen LogP contribution in [0.25, 0.3) is 0 Å². The van der Waals surface area contributed by atoms with Crippen LogP contribution in [0, 0.1) is 6.92 Å². The lowest BCUT2D eigenvalue weighted by atomic mass is 10.1. The van der Waals surface area contributed by atoms with Crippen LogP contribution in [0.5, 0.6) is 0 Å². The van der Waals surface area contributed by atoms with Crippen molar-refractivity contribution in [2.24, 2.45) is 0 Å². The van der Waals surface area contributed by atoms with Gasteiger partial charge in [0.2, 0.25) is 5.13 Å². The van der Waals surface area contributed by atoms with E-state index < -0.39 is 30.3 Å². The Bertz CT molecular complexity index is 1330. The third kappa shape index (κ3) is 4.39. The van der Waals surface area contributed by atoms with Crippen LogP contribution in [0.1, 0.15) is 53.4 Å². The third-order valence-electron chi connectivity index (χ3n) is 4.72. The first kappa shape index (κ1) is 22.0. The average molecular weight is 464 g/mol. The number of esters is 1. The second kappa shape index (κ2) is 8.71. The molecule has 1 aromatic heterocycles. The Balaban J connectivity index is 1.42. The van der Waals surface area contributed by atoms with Crippen LogP contribution in [0.3, 0.4) is 0 Å². The zero-order valence-electron chi connectivity index (χ0n) is 17.4. The largest absolute Gasteiger partial charge is 0.452 e. The van der Waals surface area contributed by atoms with Crippen LogP contribution in [0.15, 0.2) is 42.5 Å². The van der Waals surface area contributed by atoms with Crippen molar-refractivity contribution in [2.45, 2.75) is 13.8 Å². The van der Waals surface area contributed by atoms with E-state index in [0.29, 0.717) is 16.3 Å². The lowest BCUT2D eigenvalue weighted by Crippen LogP contribution is -2.29. The minimum Gasteiger partial charge on any atom is -0.452 e. The number of hydrogen-bond donors (Lipinski definition) is 1. The standard InChI is InChI=1S/C22H16N4O6S/c1-11(27)13-4-3-5-15(8-13)23-18(28)10-32-21(31)14-6-7-16-17(9-14)20(30)26(19(16)29)22-25-24-12(2)33-22/h3-9H,10H2,1-2H3,(H,23,28). The van der Waals surface area contributed by atoms with Gasteiger partial charge in [-0.3, -0.25) is 19.2 Å². The summed E-state index contributed by atoms with van der Waals surface area (Å²) < 4.78 is 5.03. The molecule has 2 aromatic carbocycles. The van der Waals surface area contributed by atoms with E-state index in [2.05, 4.69) is 15.5 Å². The maximum Gasteiger partial charge on any atom is 0.338 e. The lowest BCUT2D eigenvalue weighted by Gasteiger charge is -2.08. The summed E-state index contributed by atoms with van der Waals surface area (Å²) in [7, 11) is 0. The normalized spacial score (nSPS) is 12.5. The van der Waals surface area contributed by atoms with E-state index in [-0.39, 0.29) is 27.6 Å². The van der Waals surface area contributed by atoms with Gasteiger partial charge in [0.1, 0.15) is 5.01 Å². The van der Waals surface area contributed by atoms with E-state index in [4.69, 9.17) is 4.74 Å². The molecule has 3 aromatic rings. The molecule has 166 valence electrons. The van der Waals surface area contributed by atoms with E-state index in [1.807, 2.05) is 0 Å². The van der Waals surface area contributed by atoms with Gasteiger partial charge in [0, 0.05) is 11.3 Å². The number of aryl methyl sites for hydroxylation is 1. The fraction of sp³-hybridized carbons (Fsp3) is 0.136. The zero-order chi connectivity index (χ0) is 23.7. The van der Waals surface area contributed by atoms with Crippen LogP contribution in [0.2, 0.25) is 0 Å². The first-order chi connectivity index (χ1) is 15.7. The van der Waals surface area contributed by atoms with Gasteiger partial charge in [0.25, 0.3) is 17.7 Å². The highest BCUT2D eigenvalue weighted by Gasteiger charge is 2.39. The summed E-state index contributed by atoms with van der Waals surface area (Å²) in [5.41, 5.74) is 0.995. The number of imide groups is 1. The first-order valence-electron chi connectivity index (χ1n) is 9.65. The van der Waals surface area contributed by atoms with Crippen molar-refractivity contribution in [3.63, 3.8) is 0 Å². The monoisotopic (exact) mass is 464 g/mol. The lowest BCUT2D eigenvalue weighted by molar-refractivity contribution is -0.119. The molecule has 0 spiro atoms. The van der Waals surface area contributed by atoms with E-state index in [1.165, 1.54) is 31.2 Å². The number of nitrogens with zero attached hydrogens (tertiary/aromatic N) is 3. The van der Waals surface area contributed by atoms with Crippen molar-refractivity contribution < 1.29 is 28.7 Å². The Hall–Kier alpha value is -4.25. The number of fused-ring (bicyclic) bond motifs is 1. The molecule has 0 unspecified atom stereocenters. The number of nitrogens with one attached hydrogen (secondary N) is 1. The van der Waals surface area contributed by atoms with Gasteiger partial charge < -0.3 is 10.1 Å². The van der Waals surface area contributed by atoms with E-state index in [1.54, 1.807) is 25.1 Å². The molecule has 11 heteroatoms. The Morgan fingerprint density at radius 3 is 2.45 bits per heavy atom. The number of ketones is 1. The highest BCUT2D eigenvalue weighted by Crippen LogP contribution is 2.31. The summed E-state index contributed by atoms with van der Waals surface area (Å²) in [4.78, 5) is 62.2. The molecular formula is C22H16N4O6S. The summed E-state index contributed by atoms with van der Waals surface area (Å²) in [5, 5.41) is 10.9. The topological polar surface area (TPSA) is 136 Å². The molecular weight excluding hydrogens is 448 g/mol. The van der Waals surface area contributed by atoms with Crippen molar-refractivity contribution in [2.75, 3.05) is 16.8 Å². The van der Waals surface area contributed by atoms with Crippen LogP contribution in [0.4, 0.5) is 10.8 Å². The zero-order valence-corrected chi connectivity index (χ0v) is 18.3. The Kier molecular flexibility index (Phi) is 5.80. The maximum absolute atomic E-state index is 12.7. The molecule has 0 fully saturated rings. The van der Waals surface area contributed by atoms with Gasteiger partial charge in [0.05, 0.1) is 16.7 Å². The molecule has 0 aliphatic carbocycles. The molecule has 0 radical (unpaired) electrons. The van der Waals surface area contributed by atoms with Gasteiger partial charge in [-0.1, -0.05) is 23.5 Å². The highest BCUT2D eigenvalue weighted by atomic mass is 32.1. The van der Waals surface area contributed by atoms with Gasteiger partial charge in [-0.05, 0) is 44.2 Å². The maximum atomic E-state index is 12.7. The van der Waals surface area contributed by atoms with Crippen LogP contribution >= 0.6 is 11.3 Å². The number of rotatable bonds is 6. The van der Waals surface area contributed by atoms with Gasteiger partial charge in [-0.2, -0.15) is 0 Å². The fourth-order valence-electron chi connectivity index (χ4n) is 3.15. The van der Waals surface area contributed by atoms with Crippen molar-refractivity contribution in [1.82, 2.24) is 10.2 Å². The predicted octanol–water partition coefficient (Wildman–Crippen LogP) is 2.65. The second-order valence-corrected chi connectivity index (χ2v) is 8.23. The Labute approximate surface area is 191 Å². The molecule has 1 N–H and O–H groups in total. The molecule has 0 saturated heterocycles. The number of anilines is 2. The van der Waals surface area contributed by atoms with E-state index in [9.17, 15) is 24.0 Å². The summed E-state index contributed by atoms with van der Waals surface area (Å²) >= 11 is 1.10. The number of aromatic nitrogens is 2. The summed E-state index contributed by atoms with van der Waals surface area (Å²) in [5.74, 6) is -2.77. The Morgan fingerprint density at radius 1 is 1.00 bits per heavy atom. The second-order valence-electron chi connectivity index (χ2n) is 7.07. The number of carbonyl (C=O) groups excluding carboxylic acids is 5.